The molecular formula is C17H15F3N4O3. The molecule has 0 saturated carbocycles. The fourth-order valence-electron chi connectivity index (χ4n) is 2.80. The normalized spacial score (nSPS) is 13.0. The first kappa shape index (κ1) is 18.6. The second kappa shape index (κ2) is 6.53. The summed E-state index contributed by atoms with van der Waals surface area (Å²) in [5, 5.41) is 6.03. The molecule has 142 valence electrons. The van der Waals surface area contributed by atoms with Gasteiger partial charge in [-0.1, -0.05) is 17.3 Å². The number of carbonyl (C=O) groups is 1. The second-order valence-corrected chi connectivity index (χ2v) is 5.99. The van der Waals surface area contributed by atoms with E-state index in [4.69, 9.17) is 4.52 Å². The second-order valence-electron chi connectivity index (χ2n) is 5.99. The predicted molar refractivity (Wildman–Crippen MR) is 90.3 cm³/mol. The van der Waals surface area contributed by atoms with Gasteiger partial charge in [-0.2, -0.15) is 18.2 Å². The SMILES string of the molecule is Cc1noc2nc(C)n([C@@H](C)C(=O)Nc3ccccc3C(F)(F)F)c(=O)c12. The van der Waals surface area contributed by atoms with Crippen molar-refractivity contribution in [1.29, 1.82) is 0 Å². The van der Waals surface area contributed by atoms with E-state index in [0.29, 0.717) is 5.69 Å². The van der Waals surface area contributed by atoms with E-state index in [1.807, 2.05) is 0 Å². The zero-order valence-electron chi connectivity index (χ0n) is 14.6. The van der Waals surface area contributed by atoms with Gasteiger partial charge < -0.3 is 9.84 Å². The molecule has 3 aromatic rings. The molecule has 0 aliphatic carbocycles. The molecule has 0 fully saturated rings. The van der Waals surface area contributed by atoms with Gasteiger partial charge in [-0.05, 0) is 32.9 Å². The summed E-state index contributed by atoms with van der Waals surface area (Å²) in [6.45, 7) is 4.45. The highest BCUT2D eigenvalue weighted by atomic mass is 19.4. The number of aromatic nitrogens is 3. The van der Waals surface area contributed by atoms with E-state index >= 15 is 0 Å². The average Bonchev–Trinajstić information content (AvgIpc) is 2.95. The molecule has 0 bridgehead atoms. The Morgan fingerprint density at radius 2 is 1.93 bits per heavy atom. The van der Waals surface area contributed by atoms with Gasteiger partial charge in [-0.15, -0.1) is 0 Å². The number of fused-ring (bicyclic) bond motifs is 1. The van der Waals surface area contributed by atoms with E-state index in [-0.39, 0.29) is 22.6 Å². The molecule has 0 spiro atoms. The third-order valence-electron chi connectivity index (χ3n) is 4.15. The summed E-state index contributed by atoms with van der Waals surface area (Å²) in [4.78, 5) is 29.4. The summed E-state index contributed by atoms with van der Waals surface area (Å²) >= 11 is 0. The summed E-state index contributed by atoms with van der Waals surface area (Å²) < 4.78 is 45.4. The third kappa shape index (κ3) is 3.29. The van der Waals surface area contributed by atoms with Crippen molar-refractivity contribution in [3.63, 3.8) is 0 Å². The van der Waals surface area contributed by atoms with Crippen molar-refractivity contribution in [3.05, 3.63) is 51.7 Å². The number of hydrogen-bond acceptors (Lipinski definition) is 5. The number of amides is 1. The lowest BCUT2D eigenvalue weighted by Gasteiger charge is -2.19. The molecule has 2 heterocycles. The fourth-order valence-corrected chi connectivity index (χ4v) is 2.80. The van der Waals surface area contributed by atoms with Gasteiger partial charge in [0.1, 0.15) is 17.3 Å². The van der Waals surface area contributed by atoms with E-state index in [1.165, 1.54) is 26.0 Å². The molecule has 2 aromatic heterocycles. The first-order valence-corrected chi connectivity index (χ1v) is 7.93. The van der Waals surface area contributed by atoms with E-state index in [2.05, 4.69) is 15.5 Å². The van der Waals surface area contributed by atoms with Crippen LogP contribution in [-0.2, 0) is 11.0 Å². The summed E-state index contributed by atoms with van der Waals surface area (Å²) in [5.41, 5.74) is -1.56. The number of aryl methyl sites for hydroxylation is 2. The maximum atomic E-state index is 13.1. The van der Waals surface area contributed by atoms with Gasteiger partial charge in [0.25, 0.3) is 11.3 Å². The molecule has 10 heteroatoms. The van der Waals surface area contributed by atoms with Crippen LogP contribution in [0.25, 0.3) is 11.1 Å². The van der Waals surface area contributed by atoms with Crippen LogP contribution in [0.3, 0.4) is 0 Å². The lowest BCUT2D eigenvalue weighted by atomic mass is 10.1. The van der Waals surface area contributed by atoms with Crippen molar-refractivity contribution in [2.75, 3.05) is 5.32 Å². The lowest BCUT2D eigenvalue weighted by Crippen LogP contribution is -2.34. The van der Waals surface area contributed by atoms with Crippen molar-refractivity contribution in [2.24, 2.45) is 0 Å². The molecule has 7 nitrogen and oxygen atoms in total. The van der Waals surface area contributed by atoms with Crippen LogP contribution >= 0.6 is 0 Å². The molecular weight excluding hydrogens is 365 g/mol. The highest BCUT2D eigenvalue weighted by Gasteiger charge is 2.34. The zero-order valence-corrected chi connectivity index (χ0v) is 14.6. The van der Waals surface area contributed by atoms with Gasteiger partial charge in [-0.3, -0.25) is 14.2 Å². The van der Waals surface area contributed by atoms with Gasteiger partial charge in [0.05, 0.1) is 16.9 Å². The molecule has 1 amide bonds. The van der Waals surface area contributed by atoms with Crippen molar-refractivity contribution < 1.29 is 22.5 Å². The van der Waals surface area contributed by atoms with Gasteiger partial charge in [0.2, 0.25) is 5.91 Å². The van der Waals surface area contributed by atoms with Crippen LogP contribution in [0.5, 0.6) is 0 Å². The zero-order chi connectivity index (χ0) is 19.9. The maximum Gasteiger partial charge on any atom is 0.418 e. The van der Waals surface area contributed by atoms with Gasteiger partial charge in [0.15, 0.2) is 0 Å². The Bertz CT molecular complexity index is 1090. The first-order chi connectivity index (χ1) is 12.6. The van der Waals surface area contributed by atoms with Crippen LogP contribution in [0.15, 0.2) is 33.6 Å². The Morgan fingerprint density at radius 1 is 1.26 bits per heavy atom. The minimum atomic E-state index is -4.63. The number of alkyl halides is 3. The van der Waals surface area contributed by atoms with Crippen LogP contribution in [0.4, 0.5) is 18.9 Å². The quantitative estimate of drug-likeness (QED) is 0.754. The molecule has 3 rings (SSSR count). The van der Waals surface area contributed by atoms with Gasteiger partial charge in [0, 0.05) is 0 Å². The number of anilines is 1. The smallest absolute Gasteiger partial charge is 0.335 e. The number of para-hydroxylation sites is 1. The monoisotopic (exact) mass is 380 g/mol. The molecule has 0 aliphatic heterocycles. The largest absolute Gasteiger partial charge is 0.418 e. The average molecular weight is 380 g/mol. The number of carbonyl (C=O) groups excluding carboxylic acids is 1. The summed E-state index contributed by atoms with van der Waals surface area (Å²) in [6, 6.07) is 3.51. The summed E-state index contributed by atoms with van der Waals surface area (Å²) in [6.07, 6.45) is -4.63. The number of rotatable bonds is 3. The topological polar surface area (TPSA) is 90.0 Å². The van der Waals surface area contributed by atoms with Gasteiger partial charge in [-0.25, -0.2) is 0 Å². The van der Waals surface area contributed by atoms with E-state index < -0.39 is 29.2 Å². The predicted octanol–water partition coefficient (Wildman–Crippen LogP) is 3.22. The Hall–Kier alpha value is -3.17. The molecule has 1 aromatic carbocycles. The number of nitrogens with one attached hydrogen (secondary N) is 1. The summed E-state index contributed by atoms with van der Waals surface area (Å²) in [7, 11) is 0. The molecule has 0 radical (unpaired) electrons. The Labute approximate surface area is 150 Å². The van der Waals surface area contributed by atoms with Crippen molar-refractivity contribution in [1.82, 2.24) is 14.7 Å². The molecule has 1 atom stereocenters. The summed E-state index contributed by atoms with van der Waals surface area (Å²) in [5.74, 6) is -0.609. The van der Waals surface area contributed by atoms with Crippen molar-refractivity contribution in [3.8, 4) is 0 Å². The molecule has 27 heavy (non-hydrogen) atoms. The number of hydrogen-bond donors (Lipinski definition) is 1. The molecule has 0 aliphatic rings. The minimum Gasteiger partial charge on any atom is -0.335 e. The van der Waals surface area contributed by atoms with Crippen molar-refractivity contribution >= 4 is 22.7 Å². The van der Waals surface area contributed by atoms with Crippen LogP contribution in [-0.4, -0.2) is 20.6 Å². The molecule has 0 saturated heterocycles. The molecule has 1 N–H and O–H groups in total. The Kier molecular flexibility index (Phi) is 4.50. The van der Waals surface area contributed by atoms with Crippen LogP contribution < -0.4 is 10.9 Å². The molecule has 0 unspecified atom stereocenters. The van der Waals surface area contributed by atoms with Crippen LogP contribution in [0.2, 0.25) is 0 Å². The number of halogens is 3. The third-order valence-corrected chi connectivity index (χ3v) is 4.15. The minimum absolute atomic E-state index is 0.0428. The number of nitrogens with zero attached hydrogens (tertiary/aromatic N) is 3. The Morgan fingerprint density at radius 3 is 2.59 bits per heavy atom. The number of benzene rings is 1. The van der Waals surface area contributed by atoms with Crippen LogP contribution in [0, 0.1) is 13.8 Å². The van der Waals surface area contributed by atoms with E-state index in [9.17, 15) is 22.8 Å². The highest BCUT2D eigenvalue weighted by Crippen LogP contribution is 2.34. The standard InChI is InChI=1S/C17H15F3N4O3/c1-8-13-15(27-23-8)21-10(3)24(16(13)26)9(2)14(25)22-12-7-5-4-6-11(12)17(18,19)20/h4-7,9H,1-3H3,(H,22,25)/t9-/m0/s1. The maximum absolute atomic E-state index is 13.1. The Balaban J connectivity index is 2.00. The first-order valence-electron chi connectivity index (χ1n) is 7.93. The van der Waals surface area contributed by atoms with E-state index in [1.54, 1.807) is 6.92 Å². The lowest BCUT2D eigenvalue weighted by molar-refractivity contribution is -0.137. The van der Waals surface area contributed by atoms with Crippen LogP contribution in [0.1, 0.15) is 30.0 Å². The van der Waals surface area contributed by atoms with E-state index in [0.717, 1.165) is 16.7 Å². The van der Waals surface area contributed by atoms with Gasteiger partial charge >= 0.3 is 6.18 Å². The highest BCUT2D eigenvalue weighted by molar-refractivity contribution is 5.94. The fraction of sp³-hybridized carbons (Fsp3) is 0.294. The van der Waals surface area contributed by atoms with Crippen molar-refractivity contribution in [2.45, 2.75) is 33.0 Å².